The quantitative estimate of drug-likeness (QED) is 0.852. The minimum absolute atomic E-state index is 0.323. The van der Waals surface area contributed by atoms with Crippen LogP contribution in [-0.4, -0.2) is 25.5 Å². The van der Waals surface area contributed by atoms with Crippen molar-refractivity contribution >= 4 is 17.5 Å². The summed E-state index contributed by atoms with van der Waals surface area (Å²) in [4.78, 5) is 23.7. The number of anilines is 1. The van der Waals surface area contributed by atoms with Gasteiger partial charge in [0.1, 0.15) is 5.75 Å². The summed E-state index contributed by atoms with van der Waals surface area (Å²) in [5.74, 6) is -1.39. The molecule has 0 atom stereocenters. The number of hydrogen-bond donors (Lipinski definition) is 2. The molecule has 2 rings (SSSR count). The van der Waals surface area contributed by atoms with Gasteiger partial charge in [-0.1, -0.05) is 18.2 Å². The van der Waals surface area contributed by atoms with E-state index in [-0.39, 0.29) is 5.91 Å². The number of alkyl halides is 3. The third-order valence-electron chi connectivity index (χ3n) is 3.55. The van der Waals surface area contributed by atoms with Crippen molar-refractivity contribution in [1.82, 2.24) is 5.32 Å². The Labute approximate surface area is 148 Å². The molecule has 0 aromatic heterocycles. The molecule has 8 heteroatoms. The molecular weight excluding hydrogens is 349 g/mol. The minimum Gasteiger partial charge on any atom is -0.483 e. The number of nitrogens with one attached hydrogen (secondary N) is 2. The van der Waals surface area contributed by atoms with Crippen LogP contribution >= 0.6 is 0 Å². The molecule has 5 nitrogen and oxygen atoms in total. The van der Waals surface area contributed by atoms with Crippen LogP contribution in [0.4, 0.5) is 18.9 Å². The predicted molar refractivity (Wildman–Crippen MR) is 90.1 cm³/mol. The molecule has 0 heterocycles. The van der Waals surface area contributed by atoms with Gasteiger partial charge in [-0.3, -0.25) is 9.59 Å². The summed E-state index contributed by atoms with van der Waals surface area (Å²) < 4.78 is 43.7. The second-order valence-corrected chi connectivity index (χ2v) is 5.44. The van der Waals surface area contributed by atoms with E-state index in [2.05, 4.69) is 10.6 Å². The topological polar surface area (TPSA) is 67.4 Å². The first-order chi connectivity index (χ1) is 12.2. The van der Waals surface area contributed by atoms with Crippen LogP contribution in [0.1, 0.15) is 21.5 Å². The van der Waals surface area contributed by atoms with Gasteiger partial charge in [-0.2, -0.15) is 13.2 Å². The number of rotatable bonds is 5. The highest BCUT2D eigenvalue weighted by molar-refractivity contribution is 5.98. The third kappa shape index (κ3) is 4.75. The maximum Gasteiger partial charge on any atom is 0.419 e. The van der Waals surface area contributed by atoms with Crippen LogP contribution < -0.4 is 15.4 Å². The number of aryl methyl sites for hydroxylation is 1. The Bertz CT molecular complexity index is 820. The molecule has 0 aliphatic heterocycles. The molecule has 2 N–H and O–H groups in total. The lowest BCUT2D eigenvalue weighted by Gasteiger charge is -2.14. The summed E-state index contributed by atoms with van der Waals surface area (Å²) in [6.07, 6.45) is -4.58. The molecule has 138 valence electrons. The summed E-state index contributed by atoms with van der Waals surface area (Å²) >= 11 is 0. The van der Waals surface area contributed by atoms with Gasteiger partial charge in [0.15, 0.2) is 6.61 Å². The van der Waals surface area contributed by atoms with Crippen LogP contribution in [0.15, 0.2) is 42.5 Å². The van der Waals surface area contributed by atoms with E-state index in [9.17, 15) is 22.8 Å². The lowest BCUT2D eigenvalue weighted by atomic mass is 10.1. The number of carbonyl (C=O) groups excluding carboxylic acids is 2. The van der Waals surface area contributed by atoms with Crippen molar-refractivity contribution in [2.75, 3.05) is 19.0 Å². The third-order valence-corrected chi connectivity index (χ3v) is 3.55. The smallest absolute Gasteiger partial charge is 0.419 e. The normalized spacial score (nSPS) is 11.0. The fraction of sp³-hybridized carbons (Fsp3) is 0.222. The summed E-state index contributed by atoms with van der Waals surface area (Å²) in [5.41, 5.74) is 0.466. The number of halogens is 3. The van der Waals surface area contributed by atoms with Gasteiger partial charge in [-0.05, 0) is 36.8 Å². The van der Waals surface area contributed by atoms with E-state index in [1.807, 2.05) is 0 Å². The van der Waals surface area contributed by atoms with Crippen LogP contribution in [0.2, 0.25) is 0 Å². The molecule has 0 fully saturated rings. The molecule has 0 spiro atoms. The number of amides is 2. The maximum atomic E-state index is 12.9. The van der Waals surface area contributed by atoms with E-state index in [1.165, 1.54) is 25.2 Å². The fourth-order valence-corrected chi connectivity index (χ4v) is 2.20. The van der Waals surface area contributed by atoms with Gasteiger partial charge in [-0.25, -0.2) is 0 Å². The average Bonchev–Trinajstić information content (AvgIpc) is 2.60. The van der Waals surface area contributed by atoms with Crippen molar-refractivity contribution in [3.63, 3.8) is 0 Å². The molecule has 0 saturated heterocycles. The van der Waals surface area contributed by atoms with Gasteiger partial charge < -0.3 is 15.4 Å². The second-order valence-electron chi connectivity index (χ2n) is 5.44. The van der Waals surface area contributed by atoms with Crippen molar-refractivity contribution in [3.8, 4) is 5.75 Å². The van der Waals surface area contributed by atoms with E-state index in [0.717, 1.165) is 12.1 Å². The van der Waals surface area contributed by atoms with Gasteiger partial charge >= 0.3 is 6.18 Å². The van der Waals surface area contributed by atoms with Crippen molar-refractivity contribution in [1.29, 1.82) is 0 Å². The highest BCUT2D eigenvalue weighted by Crippen LogP contribution is 2.35. The number of benzene rings is 2. The number of para-hydroxylation sites is 1. The van der Waals surface area contributed by atoms with Gasteiger partial charge in [0.25, 0.3) is 11.8 Å². The van der Waals surface area contributed by atoms with E-state index in [4.69, 9.17) is 4.74 Å². The minimum atomic E-state index is -4.58. The molecule has 0 aliphatic carbocycles. The molecule has 2 aromatic rings. The summed E-state index contributed by atoms with van der Waals surface area (Å²) in [6, 6.07) is 9.39. The van der Waals surface area contributed by atoms with Crippen LogP contribution in [0.5, 0.6) is 5.75 Å². The standard InChI is InChI=1S/C18H17F3N2O3/c1-11-7-8-12(17(25)22-2)9-14(11)23-16(24)10-26-15-6-4-3-5-13(15)18(19,20)21/h3-9H,10H2,1-2H3,(H,22,25)(H,23,24). The molecule has 0 saturated carbocycles. The van der Waals surface area contributed by atoms with E-state index in [0.29, 0.717) is 16.8 Å². The SMILES string of the molecule is CNC(=O)c1ccc(C)c(NC(=O)COc2ccccc2C(F)(F)F)c1. The molecule has 0 radical (unpaired) electrons. The largest absolute Gasteiger partial charge is 0.483 e. The Balaban J connectivity index is 2.08. The molecule has 26 heavy (non-hydrogen) atoms. The number of ether oxygens (including phenoxy) is 1. The van der Waals surface area contributed by atoms with Crippen molar-refractivity contribution in [3.05, 3.63) is 59.2 Å². The second kappa shape index (κ2) is 7.90. The Morgan fingerprint density at radius 1 is 1.12 bits per heavy atom. The molecule has 0 unspecified atom stereocenters. The molecule has 0 bridgehead atoms. The predicted octanol–water partition coefficient (Wildman–Crippen LogP) is 3.39. The Hall–Kier alpha value is -3.03. The fourth-order valence-electron chi connectivity index (χ4n) is 2.20. The average molecular weight is 366 g/mol. The van der Waals surface area contributed by atoms with E-state index >= 15 is 0 Å². The lowest BCUT2D eigenvalue weighted by molar-refractivity contribution is -0.139. The van der Waals surface area contributed by atoms with Crippen LogP contribution in [0.3, 0.4) is 0 Å². The number of carbonyl (C=O) groups is 2. The van der Waals surface area contributed by atoms with Crippen LogP contribution in [0, 0.1) is 6.92 Å². The maximum absolute atomic E-state index is 12.9. The first-order valence-electron chi connectivity index (χ1n) is 7.64. The zero-order valence-corrected chi connectivity index (χ0v) is 14.1. The zero-order valence-electron chi connectivity index (χ0n) is 14.1. The van der Waals surface area contributed by atoms with Crippen molar-refractivity contribution in [2.24, 2.45) is 0 Å². The summed E-state index contributed by atoms with van der Waals surface area (Å²) in [5, 5.41) is 5.00. The summed E-state index contributed by atoms with van der Waals surface area (Å²) in [6.45, 7) is 1.12. The number of hydrogen-bond acceptors (Lipinski definition) is 3. The Kier molecular flexibility index (Phi) is 5.86. The molecular formula is C18H17F3N2O3. The monoisotopic (exact) mass is 366 g/mol. The zero-order chi connectivity index (χ0) is 19.3. The van der Waals surface area contributed by atoms with Gasteiger partial charge in [0.2, 0.25) is 0 Å². The van der Waals surface area contributed by atoms with Gasteiger partial charge in [-0.15, -0.1) is 0 Å². The van der Waals surface area contributed by atoms with E-state index in [1.54, 1.807) is 19.1 Å². The molecule has 0 aliphatic rings. The van der Waals surface area contributed by atoms with Crippen molar-refractivity contribution in [2.45, 2.75) is 13.1 Å². The highest BCUT2D eigenvalue weighted by atomic mass is 19.4. The Morgan fingerprint density at radius 2 is 1.81 bits per heavy atom. The van der Waals surface area contributed by atoms with Crippen LogP contribution in [0.25, 0.3) is 0 Å². The van der Waals surface area contributed by atoms with E-state index < -0.39 is 30.0 Å². The van der Waals surface area contributed by atoms with Crippen LogP contribution in [-0.2, 0) is 11.0 Å². The molecule has 2 aromatic carbocycles. The van der Waals surface area contributed by atoms with Gasteiger partial charge in [0, 0.05) is 18.3 Å². The summed E-state index contributed by atoms with van der Waals surface area (Å²) in [7, 11) is 1.48. The highest BCUT2D eigenvalue weighted by Gasteiger charge is 2.34. The molecule has 2 amide bonds. The Morgan fingerprint density at radius 3 is 2.46 bits per heavy atom. The van der Waals surface area contributed by atoms with Crippen molar-refractivity contribution < 1.29 is 27.5 Å². The first-order valence-corrected chi connectivity index (χ1v) is 7.64. The lowest BCUT2D eigenvalue weighted by Crippen LogP contribution is -2.22. The van der Waals surface area contributed by atoms with Gasteiger partial charge in [0.05, 0.1) is 5.56 Å². The first kappa shape index (κ1) is 19.3.